The van der Waals surface area contributed by atoms with Crippen LogP contribution < -0.4 is 10.6 Å². The highest BCUT2D eigenvalue weighted by Crippen LogP contribution is 2.39. The van der Waals surface area contributed by atoms with Crippen LogP contribution in [0.2, 0.25) is 0 Å². The molecular weight excluding hydrogens is 558 g/mol. The Morgan fingerprint density at radius 2 is 1.76 bits per heavy atom. The highest BCUT2D eigenvalue weighted by atomic mass is 79.9. The van der Waals surface area contributed by atoms with E-state index in [2.05, 4.69) is 81.8 Å². The monoisotopic (exact) mass is 592 g/mol. The van der Waals surface area contributed by atoms with Crippen molar-refractivity contribution in [2.75, 3.05) is 5.32 Å². The number of benzene rings is 2. The Labute approximate surface area is 230 Å². The molecule has 1 saturated carbocycles. The van der Waals surface area contributed by atoms with Crippen LogP contribution in [0, 0.1) is 11.6 Å². The molecule has 2 unspecified atom stereocenters. The summed E-state index contributed by atoms with van der Waals surface area (Å²) < 4.78 is 28.1. The molecule has 3 aromatic rings. The Kier molecular flexibility index (Phi) is 8.99. The van der Waals surface area contributed by atoms with Crippen LogP contribution in [0.1, 0.15) is 76.0 Å². The van der Waals surface area contributed by atoms with Crippen molar-refractivity contribution in [3.63, 3.8) is 0 Å². The van der Waals surface area contributed by atoms with Crippen molar-refractivity contribution in [3.05, 3.63) is 74.7 Å². The van der Waals surface area contributed by atoms with Crippen LogP contribution in [0.3, 0.4) is 0 Å². The molecule has 3 N–H and O–H groups in total. The van der Waals surface area contributed by atoms with Gasteiger partial charge < -0.3 is 10.4 Å². The Balaban J connectivity index is 1.62. The maximum Gasteiger partial charge on any atom is 0.207 e. The third-order valence-electron chi connectivity index (χ3n) is 7.14. The van der Waals surface area contributed by atoms with E-state index in [-0.39, 0.29) is 11.0 Å². The summed E-state index contributed by atoms with van der Waals surface area (Å²) in [7, 11) is 0. The predicted octanol–water partition coefficient (Wildman–Crippen LogP) is 7.06. The summed E-state index contributed by atoms with van der Waals surface area (Å²) in [5, 5.41) is 27.3. The fourth-order valence-electron chi connectivity index (χ4n) is 5.11. The van der Waals surface area contributed by atoms with E-state index in [0.717, 1.165) is 31.7 Å². The van der Waals surface area contributed by atoms with E-state index >= 15 is 0 Å². The van der Waals surface area contributed by atoms with Crippen LogP contribution >= 0.6 is 27.3 Å². The van der Waals surface area contributed by atoms with Gasteiger partial charge in [-0.2, -0.15) is 0 Å². The summed E-state index contributed by atoms with van der Waals surface area (Å²) in [4.78, 5) is 0. The van der Waals surface area contributed by atoms with Gasteiger partial charge in [0.1, 0.15) is 17.8 Å². The molecule has 1 aromatic heterocycles. The summed E-state index contributed by atoms with van der Waals surface area (Å²) in [6, 6.07) is 12.2. The molecule has 5 nitrogen and oxygen atoms in total. The summed E-state index contributed by atoms with van der Waals surface area (Å²) in [5.41, 5.74) is 2.68. The molecule has 1 heterocycles. The fraction of sp³-hybridized carbons (Fsp3) is 0.500. The van der Waals surface area contributed by atoms with Crippen molar-refractivity contribution in [1.29, 1.82) is 0 Å². The molecule has 37 heavy (non-hydrogen) atoms. The van der Waals surface area contributed by atoms with Gasteiger partial charge >= 0.3 is 0 Å². The number of aliphatic hydroxyl groups is 1. The second kappa shape index (κ2) is 11.8. The minimum Gasteiger partial charge on any atom is -0.390 e. The maximum atomic E-state index is 13.7. The first-order valence-electron chi connectivity index (χ1n) is 12.8. The number of aryl methyl sites for hydroxylation is 1. The standard InChI is InChI=1S/C28H35BrF2N4OS/c1-27(2,3)19-8-7-9-20(16-19)28(12-5-4-6-13-28)33-24(32-26-35-34-25(29)37-26)23(36)11-10-18-14-21(30)17-22(31)15-18/h7-9,14-17,23-24,33,36H,4-6,10-13H2,1-3H3,(H,32,35). The van der Waals surface area contributed by atoms with Crippen LogP contribution in [0.15, 0.2) is 46.4 Å². The van der Waals surface area contributed by atoms with Crippen LogP contribution in [0.25, 0.3) is 0 Å². The molecule has 9 heteroatoms. The number of rotatable bonds is 9. The number of anilines is 1. The van der Waals surface area contributed by atoms with E-state index in [4.69, 9.17) is 0 Å². The lowest BCUT2D eigenvalue weighted by atomic mass is 9.74. The zero-order chi connectivity index (χ0) is 26.6. The minimum atomic E-state index is -0.849. The lowest BCUT2D eigenvalue weighted by Gasteiger charge is -2.43. The smallest absolute Gasteiger partial charge is 0.207 e. The molecule has 0 bridgehead atoms. The van der Waals surface area contributed by atoms with Crippen molar-refractivity contribution >= 4 is 32.4 Å². The van der Waals surface area contributed by atoms with Gasteiger partial charge in [-0.1, -0.05) is 75.6 Å². The van der Waals surface area contributed by atoms with Crippen LogP contribution in [0.4, 0.5) is 13.9 Å². The van der Waals surface area contributed by atoms with Crippen molar-refractivity contribution in [2.24, 2.45) is 0 Å². The van der Waals surface area contributed by atoms with Gasteiger partial charge in [-0.3, -0.25) is 5.32 Å². The number of aromatic nitrogens is 2. The lowest BCUT2D eigenvalue weighted by Crippen LogP contribution is -2.56. The highest BCUT2D eigenvalue weighted by molar-refractivity contribution is 9.11. The summed E-state index contributed by atoms with van der Waals surface area (Å²) >= 11 is 4.70. The Hall–Kier alpha value is -1.94. The van der Waals surface area contributed by atoms with E-state index in [1.165, 1.54) is 41.0 Å². The van der Waals surface area contributed by atoms with E-state index in [9.17, 15) is 13.9 Å². The van der Waals surface area contributed by atoms with Crippen molar-refractivity contribution in [1.82, 2.24) is 15.5 Å². The normalized spacial score (nSPS) is 17.4. The number of halogens is 3. The largest absolute Gasteiger partial charge is 0.390 e. The van der Waals surface area contributed by atoms with Gasteiger partial charge in [0.2, 0.25) is 5.13 Å². The summed E-state index contributed by atoms with van der Waals surface area (Å²) in [6.45, 7) is 6.64. The molecule has 2 atom stereocenters. The molecule has 200 valence electrons. The molecular formula is C28H35BrF2N4OS. The number of hydrogen-bond donors (Lipinski definition) is 3. The molecule has 1 fully saturated rings. The van der Waals surface area contributed by atoms with Gasteiger partial charge in [-0.25, -0.2) is 8.78 Å². The first kappa shape index (κ1) is 28.1. The maximum absolute atomic E-state index is 13.7. The van der Waals surface area contributed by atoms with Crippen LogP contribution in [-0.4, -0.2) is 27.6 Å². The number of hydrogen-bond acceptors (Lipinski definition) is 6. The molecule has 0 radical (unpaired) electrons. The van der Waals surface area contributed by atoms with Gasteiger partial charge in [-0.15, -0.1) is 10.2 Å². The zero-order valence-electron chi connectivity index (χ0n) is 21.5. The van der Waals surface area contributed by atoms with E-state index in [1.807, 2.05) is 0 Å². The average Bonchev–Trinajstić information content (AvgIpc) is 3.26. The lowest BCUT2D eigenvalue weighted by molar-refractivity contribution is 0.0954. The van der Waals surface area contributed by atoms with Gasteiger partial charge in [0.15, 0.2) is 3.92 Å². The number of aliphatic hydroxyl groups excluding tert-OH is 1. The van der Waals surface area contributed by atoms with Gasteiger partial charge in [-0.05, 0) is 75.9 Å². The third-order valence-corrected chi connectivity index (χ3v) is 8.42. The molecule has 1 aliphatic rings. The first-order valence-corrected chi connectivity index (χ1v) is 14.4. The average molecular weight is 594 g/mol. The quantitative estimate of drug-likeness (QED) is 0.232. The van der Waals surface area contributed by atoms with Gasteiger partial charge in [0, 0.05) is 11.6 Å². The topological polar surface area (TPSA) is 70.1 Å². The van der Waals surface area contributed by atoms with Crippen LogP contribution in [0.5, 0.6) is 0 Å². The molecule has 0 aliphatic heterocycles. The third kappa shape index (κ3) is 7.34. The second-order valence-electron chi connectivity index (χ2n) is 11.0. The number of nitrogens with one attached hydrogen (secondary N) is 2. The van der Waals surface area contributed by atoms with Crippen molar-refractivity contribution < 1.29 is 13.9 Å². The first-order chi connectivity index (χ1) is 17.5. The fourth-order valence-corrected chi connectivity index (χ4v) is 6.16. The number of nitrogens with zero attached hydrogens (tertiary/aromatic N) is 2. The van der Waals surface area contributed by atoms with Crippen molar-refractivity contribution in [2.45, 2.75) is 88.9 Å². The van der Waals surface area contributed by atoms with Crippen molar-refractivity contribution in [3.8, 4) is 0 Å². The van der Waals surface area contributed by atoms with Crippen LogP contribution in [-0.2, 0) is 17.4 Å². The predicted molar refractivity (Wildman–Crippen MR) is 149 cm³/mol. The molecule has 1 aliphatic carbocycles. The van der Waals surface area contributed by atoms with E-state index < -0.39 is 23.9 Å². The SMILES string of the molecule is CC(C)(C)c1cccc(C2(NC(Nc3nnc(Br)s3)C(O)CCc3cc(F)cc(F)c3)CCCCC2)c1. The molecule has 0 amide bonds. The molecule has 0 saturated heterocycles. The second-order valence-corrected chi connectivity index (χ2v) is 13.2. The summed E-state index contributed by atoms with van der Waals surface area (Å²) in [6.07, 6.45) is 4.49. The van der Waals surface area contributed by atoms with E-state index in [1.54, 1.807) is 0 Å². The highest BCUT2D eigenvalue weighted by Gasteiger charge is 2.38. The Morgan fingerprint density at radius 1 is 1.05 bits per heavy atom. The van der Waals surface area contributed by atoms with Gasteiger partial charge in [0.05, 0.1) is 6.10 Å². The Morgan fingerprint density at radius 3 is 2.38 bits per heavy atom. The molecule has 0 spiro atoms. The van der Waals surface area contributed by atoms with Gasteiger partial charge in [0.25, 0.3) is 0 Å². The summed E-state index contributed by atoms with van der Waals surface area (Å²) in [5.74, 6) is -1.23. The zero-order valence-corrected chi connectivity index (χ0v) is 23.9. The molecule has 4 rings (SSSR count). The minimum absolute atomic E-state index is 0.0160. The Bertz CT molecular complexity index is 1170. The molecule has 2 aromatic carbocycles. The van der Waals surface area contributed by atoms with E-state index in [0.29, 0.717) is 27.5 Å².